The molecule has 0 saturated heterocycles. The van der Waals surface area contributed by atoms with Crippen LogP contribution in [0.1, 0.15) is 40.0 Å². The maximum absolute atomic E-state index is 4.08. The van der Waals surface area contributed by atoms with E-state index in [1.807, 2.05) is 0 Å². The van der Waals surface area contributed by atoms with Crippen LogP contribution in [-0.2, 0) is 0 Å². The summed E-state index contributed by atoms with van der Waals surface area (Å²) in [5, 5.41) is 0. The minimum absolute atomic E-state index is 0.567. The van der Waals surface area contributed by atoms with Crippen LogP contribution in [0.5, 0.6) is 0 Å². The molecule has 1 aliphatic rings. The number of hydrogen-bond donors (Lipinski definition) is 0. The summed E-state index contributed by atoms with van der Waals surface area (Å²) in [6.45, 7) is 11.1. The minimum atomic E-state index is 0.567. The molecule has 0 aromatic carbocycles. The molecule has 1 saturated carbocycles. The van der Waals surface area contributed by atoms with Crippen molar-refractivity contribution in [3.63, 3.8) is 0 Å². The third-order valence-electron chi connectivity index (χ3n) is 3.48. The van der Waals surface area contributed by atoms with Crippen LogP contribution in [0.3, 0.4) is 0 Å². The van der Waals surface area contributed by atoms with Gasteiger partial charge in [-0.25, -0.2) is 0 Å². The van der Waals surface area contributed by atoms with Gasteiger partial charge in [0.05, 0.1) is 0 Å². The zero-order chi connectivity index (χ0) is 7.78. The fourth-order valence-electron chi connectivity index (χ4n) is 1.85. The summed E-state index contributed by atoms with van der Waals surface area (Å²) in [5.41, 5.74) is 2.03. The van der Waals surface area contributed by atoms with E-state index in [2.05, 4.69) is 27.4 Å². The van der Waals surface area contributed by atoms with E-state index in [1.165, 1.54) is 24.8 Å². The molecule has 0 aliphatic heterocycles. The van der Waals surface area contributed by atoms with Crippen molar-refractivity contribution < 1.29 is 0 Å². The molecule has 0 bridgehead atoms. The van der Waals surface area contributed by atoms with Crippen molar-refractivity contribution in [2.45, 2.75) is 40.0 Å². The highest BCUT2D eigenvalue weighted by molar-refractivity contribution is 5.11. The van der Waals surface area contributed by atoms with Gasteiger partial charge in [-0.3, -0.25) is 0 Å². The molecule has 0 N–H and O–H groups in total. The molecule has 58 valence electrons. The lowest BCUT2D eigenvalue weighted by atomic mass is 9.78. The van der Waals surface area contributed by atoms with Crippen molar-refractivity contribution in [1.29, 1.82) is 0 Å². The minimum Gasteiger partial charge on any atom is -0.0996 e. The lowest BCUT2D eigenvalue weighted by molar-refractivity contribution is 0.253. The lowest BCUT2D eigenvalue weighted by Gasteiger charge is -2.27. The summed E-state index contributed by atoms with van der Waals surface area (Å²) in [4.78, 5) is 0. The molecule has 1 fully saturated rings. The highest BCUT2D eigenvalue weighted by atomic mass is 14.4. The maximum Gasteiger partial charge on any atom is -0.0180 e. The second-order valence-electron chi connectivity index (χ2n) is 3.89. The van der Waals surface area contributed by atoms with Crippen molar-refractivity contribution in [3.05, 3.63) is 12.2 Å². The zero-order valence-corrected chi connectivity index (χ0v) is 7.41. The van der Waals surface area contributed by atoms with E-state index in [0.717, 1.165) is 5.92 Å². The monoisotopic (exact) mass is 138 g/mol. The van der Waals surface area contributed by atoms with Crippen LogP contribution in [0, 0.1) is 11.3 Å². The van der Waals surface area contributed by atoms with Crippen LogP contribution in [0.25, 0.3) is 0 Å². The quantitative estimate of drug-likeness (QED) is 0.487. The van der Waals surface area contributed by atoms with Crippen LogP contribution in [0.15, 0.2) is 12.2 Å². The molecule has 1 rings (SSSR count). The Morgan fingerprint density at radius 3 is 2.50 bits per heavy atom. The number of rotatable bonds is 1. The second-order valence-corrected chi connectivity index (χ2v) is 3.89. The topological polar surface area (TPSA) is 0 Å². The zero-order valence-electron chi connectivity index (χ0n) is 7.41. The summed E-state index contributed by atoms with van der Waals surface area (Å²) in [7, 11) is 0. The molecule has 0 radical (unpaired) electrons. The fraction of sp³-hybridized carbons (Fsp3) is 0.800. The lowest BCUT2D eigenvalue weighted by Crippen LogP contribution is -2.18. The molecule has 0 aromatic rings. The maximum atomic E-state index is 4.08. The molecule has 0 nitrogen and oxygen atoms in total. The van der Waals surface area contributed by atoms with Crippen LogP contribution in [0.4, 0.5) is 0 Å². The first-order valence-corrected chi connectivity index (χ1v) is 4.28. The second kappa shape index (κ2) is 2.41. The van der Waals surface area contributed by atoms with Crippen molar-refractivity contribution in [1.82, 2.24) is 0 Å². The smallest absolute Gasteiger partial charge is 0.0180 e. The highest BCUT2D eigenvalue weighted by Crippen LogP contribution is 2.47. The third-order valence-corrected chi connectivity index (χ3v) is 3.48. The fourth-order valence-corrected chi connectivity index (χ4v) is 1.85. The first-order valence-electron chi connectivity index (χ1n) is 4.28. The van der Waals surface area contributed by atoms with E-state index in [1.54, 1.807) is 0 Å². The molecule has 0 spiro atoms. The van der Waals surface area contributed by atoms with Gasteiger partial charge in [-0.15, -0.1) is 0 Å². The molecule has 2 unspecified atom stereocenters. The first kappa shape index (κ1) is 7.84. The van der Waals surface area contributed by atoms with Gasteiger partial charge in [-0.05, 0) is 24.2 Å². The van der Waals surface area contributed by atoms with E-state index in [9.17, 15) is 0 Å². The van der Waals surface area contributed by atoms with Crippen LogP contribution in [0.2, 0.25) is 0 Å². The van der Waals surface area contributed by atoms with E-state index < -0.39 is 0 Å². The standard InChI is InChI=1S/C10H18/c1-5-10(4)7-6-8(2)9(10)3/h9H,2,5-7H2,1,3-4H3. The Bertz CT molecular complexity index is 146. The Morgan fingerprint density at radius 2 is 2.30 bits per heavy atom. The Hall–Kier alpha value is -0.260. The van der Waals surface area contributed by atoms with Crippen molar-refractivity contribution in [3.8, 4) is 0 Å². The molecule has 0 heterocycles. The number of hydrogen-bond acceptors (Lipinski definition) is 0. The summed E-state index contributed by atoms with van der Waals surface area (Å²) in [6.07, 6.45) is 3.90. The van der Waals surface area contributed by atoms with Crippen LogP contribution < -0.4 is 0 Å². The van der Waals surface area contributed by atoms with Gasteiger partial charge in [0.2, 0.25) is 0 Å². The summed E-state index contributed by atoms with van der Waals surface area (Å²) in [6, 6.07) is 0. The average Bonchev–Trinajstić information content (AvgIpc) is 2.19. The van der Waals surface area contributed by atoms with Crippen molar-refractivity contribution >= 4 is 0 Å². The molecule has 0 amide bonds. The summed E-state index contributed by atoms with van der Waals surface area (Å²) < 4.78 is 0. The Labute approximate surface area is 64.3 Å². The summed E-state index contributed by atoms with van der Waals surface area (Å²) in [5.74, 6) is 0.748. The Balaban J connectivity index is 2.73. The van der Waals surface area contributed by atoms with Crippen molar-refractivity contribution in [2.24, 2.45) is 11.3 Å². The highest BCUT2D eigenvalue weighted by Gasteiger charge is 2.35. The van der Waals surface area contributed by atoms with Gasteiger partial charge in [0.15, 0.2) is 0 Å². The van der Waals surface area contributed by atoms with Crippen molar-refractivity contribution in [2.75, 3.05) is 0 Å². The molecule has 0 aromatic heterocycles. The molecule has 0 heteroatoms. The SMILES string of the molecule is C=C1CCC(C)(CC)C1C. The predicted molar refractivity (Wildman–Crippen MR) is 45.9 cm³/mol. The molecule has 10 heavy (non-hydrogen) atoms. The van der Waals surface area contributed by atoms with Crippen LogP contribution >= 0.6 is 0 Å². The molecule has 1 aliphatic carbocycles. The van der Waals surface area contributed by atoms with Gasteiger partial charge < -0.3 is 0 Å². The van der Waals surface area contributed by atoms with E-state index in [4.69, 9.17) is 0 Å². The van der Waals surface area contributed by atoms with Gasteiger partial charge >= 0.3 is 0 Å². The van der Waals surface area contributed by atoms with Gasteiger partial charge in [0, 0.05) is 0 Å². The van der Waals surface area contributed by atoms with Gasteiger partial charge in [-0.1, -0.05) is 39.3 Å². The van der Waals surface area contributed by atoms with E-state index >= 15 is 0 Å². The Morgan fingerprint density at radius 1 is 1.70 bits per heavy atom. The van der Waals surface area contributed by atoms with Gasteiger partial charge in [-0.2, -0.15) is 0 Å². The van der Waals surface area contributed by atoms with E-state index in [-0.39, 0.29) is 0 Å². The third kappa shape index (κ3) is 1.00. The van der Waals surface area contributed by atoms with E-state index in [0.29, 0.717) is 5.41 Å². The largest absolute Gasteiger partial charge is 0.0996 e. The predicted octanol–water partition coefficient (Wildman–Crippen LogP) is 3.39. The van der Waals surface area contributed by atoms with Gasteiger partial charge in [0.25, 0.3) is 0 Å². The molecular formula is C10H18. The molecule has 2 atom stereocenters. The van der Waals surface area contributed by atoms with Crippen LogP contribution in [-0.4, -0.2) is 0 Å². The first-order chi connectivity index (χ1) is 4.60. The normalized spacial score (nSPS) is 40.7. The molecular weight excluding hydrogens is 120 g/mol. The average molecular weight is 138 g/mol. The van der Waals surface area contributed by atoms with Gasteiger partial charge in [0.1, 0.15) is 0 Å². The summed E-state index contributed by atoms with van der Waals surface area (Å²) >= 11 is 0. The number of allylic oxidation sites excluding steroid dienone is 1. The Kier molecular flexibility index (Phi) is 1.89.